The molecule has 17 heavy (non-hydrogen) atoms. The molecule has 0 bridgehead atoms. The Morgan fingerprint density at radius 1 is 1.59 bits per heavy atom. The van der Waals surface area contributed by atoms with Crippen molar-refractivity contribution in [3.8, 4) is 0 Å². The van der Waals surface area contributed by atoms with Crippen molar-refractivity contribution in [3.05, 3.63) is 29.6 Å². The van der Waals surface area contributed by atoms with E-state index in [1.54, 1.807) is 19.1 Å². The standard InChI is InChI=1S/C12H15FN2O2/c1-8-9(13)3-2-4-10(8)15-12(16)11-7-17-6-5-14-11/h2-4,11,14H,5-7H2,1H3,(H,15,16). The van der Waals surface area contributed by atoms with Crippen molar-refractivity contribution in [2.24, 2.45) is 0 Å². The van der Waals surface area contributed by atoms with Crippen molar-refractivity contribution in [3.63, 3.8) is 0 Å². The highest BCUT2D eigenvalue weighted by Crippen LogP contribution is 2.17. The lowest BCUT2D eigenvalue weighted by Gasteiger charge is -2.23. The smallest absolute Gasteiger partial charge is 0.243 e. The van der Waals surface area contributed by atoms with E-state index in [2.05, 4.69) is 10.6 Å². The fourth-order valence-electron chi connectivity index (χ4n) is 1.70. The minimum atomic E-state index is -0.369. The van der Waals surface area contributed by atoms with E-state index in [1.165, 1.54) is 6.07 Å². The highest BCUT2D eigenvalue weighted by Gasteiger charge is 2.21. The first-order valence-corrected chi connectivity index (χ1v) is 5.55. The average molecular weight is 238 g/mol. The molecule has 0 radical (unpaired) electrons. The van der Waals surface area contributed by atoms with Crippen LogP contribution in [0.25, 0.3) is 0 Å². The number of carbonyl (C=O) groups excluding carboxylic acids is 1. The second-order valence-electron chi connectivity index (χ2n) is 3.98. The van der Waals surface area contributed by atoms with Gasteiger partial charge in [0, 0.05) is 17.8 Å². The van der Waals surface area contributed by atoms with Crippen molar-refractivity contribution in [1.29, 1.82) is 0 Å². The van der Waals surface area contributed by atoms with Crippen LogP contribution in [0.2, 0.25) is 0 Å². The molecular weight excluding hydrogens is 223 g/mol. The molecule has 0 saturated carbocycles. The molecule has 1 aromatic rings. The number of morpholine rings is 1. The fraction of sp³-hybridized carbons (Fsp3) is 0.417. The Hall–Kier alpha value is -1.46. The van der Waals surface area contributed by atoms with E-state index in [-0.39, 0.29) is 17.8 Å². The summed E-state index contributed by atoms with van der Waals surface area (Å²) in [6.07, 6.45) is 0. The summed E-state index contributed by atoms with van der Waals surface area (Å²) in [5.41, 5.74) is 0.944. The normalized spacial score (nSPS) is 20.0. The molecule has 5 heteroatoms. The second kappa shape index (κ2) is 5.25. The summed E-state index contributed by atoms with van der Waals surface area (Å²) < 4.78 is 18.5. The zero-order chi connectivity index (χ0) is 12.3. The van der Waals surface area contributed by atoms with Gasteiger partial charge in [-0.2, -0.15) is 0 Å². The minimum Gasteiger partial charge on any atom is -0.378 e. The number of anilines is 1. The third-order valence-corrected chi connectivity index (χ3v) is 2.76. The molecule has 1 atom stereocenters. The van der Waals surface area contributed by atoms with E-state index < -0.39 is 0 Å². The SMILES string of the molecule is Cc1c(F)cccc1NC(=O)C1COCCN1. The zero-order valence-electron chi connectivity index (χ0n) is 9.63. The monoisotopic (exact) mass is 238 g/mol. The molecule has 0 aliphatic carbocycles. The number of hydrogen-bond acceptors (Lipinski definition) is 3. The number of rotatable bonds is 2. The van der Waals surface area contributed by atoms with Crippen molar-refractivity contribution < 1.29 is 13.9 Å². The first-order chi connectivity index (χ1) is 8.18. The third-order valence-electron chi connectivity index (χ3n) is 2.76. The van der Waals surface area contributed by atoms with E-state index in [4.69, 9.17) is 4.74 Å². The van der Waals surface area contributed by atoms with Gasteiger partial charge in [0.2, 0.25) is 5.91 Å². The molecule has 92 valence electrons. The molecule has 2 rings (SSSR count). The van der Waals surface area contributed by atoms with Gasteiger partial charge in [0.05, 0.1) is 13.2 Å². The Morgan fingerprint density at radius 2 is 2.41 bits per heavy atom. The van der Waals surface area contributed by atoms with Gasteiger partial charge in [-0.1, -0.05) is 6.07 Å². The van der Waals surface area contributed by atoms with Gasteiger partial charge in [-0.3, -0.25) is 4.79 Å². The molecule has 0 spiro atoms. The van der Waals surface area contributed by atoms with Crippen LogP contribution in [0.3, 0.4) is 0 Å². The van der Waals surface area contributed by atoms with Crippen molar-refractivity contribution in [2.75, 3.05) is 25.1 Å². The number of benzene rings is 1. The summed E-state index contributed by atoms with van der Waals surface area (Å²) in [5, 5.41) is 5.74. The Balaban J connectivity index is 2.04. The number of nitrogens with one attached hydrogen (secondary N) is 2. The number of amides is 1. The predicted molar refractivity (Wildman–Crippen MR) is 62.4 cm³/mol. The maximum absolute atomic E-state index is 13.3. The highest BCUT2D eigenvalue weighted by molar-refractivity contribution is 5.95. The molecule has 0 aromatic heterocycles. The maximum Gasteiger partial charge on any atom is 0.243 e. The third kappa shape index (κ3) is 2.81. The van der Waals surface area contributed by atoms with Crippen LogP contribution < -0.4 is 10.6 Å². The summed E-state index contributed by atoms with van der Waals surface area (Å²) in [5.74, 6) is -0.519. The van der Waals surface area contributed by atoms with Crippen molar-refractivity contribution in [2.45, 2.75) is 13.0 Å². The topological polar surface area (TPSA) is 50.4 Å². The zero-order valence-corrected chi connectivity index (χ0v) is 9.63. The largest absolute Gasteiger partial charge is 0.378 e. The van der Waals surface area contributed by atoms with Gasteiger partial charge < -0.3 is 15.4 Å². The van der Waals surface area contributed by atoms with Gasteiger partial charge in [-0.25, -0.2) is 4.39 Å². The van der Waals surface area contributed by atoms with Gasteiger partial charge in [0.15, 0.2) is 0 Å². The summed E-state index contributed by atoms with van der Waals surface area (Å²) in [7, 11) is 0. The van der Waals surface area contributed by atoms with Crippen LogP contribution in [0.1, 0.15) is 5.56 Å². The number of hydrogen-bond donors (Lipinski definition) is 2. The van der Waals surface area contributed by atoms with Gasteiger partial charge in [0.25, 0.3) is 0 Å². The number of ether oxygens (including phenoxy) is 1. The number of halogens is 1. The highest BCUT2D eigenvalue weighted by atomic mass is 19.1. The fourth-order valence-corrected chi connectivity index (χ4v) is 1.70. The van der Waals surface area contributed by atoms with Crippen LogP contribution in [0.5, 0.6) is 0 Å². The lowest BCUT2D eigenvalue weighted by atomic mass is 10.1. The predicted octanol–water partition coefficient (Wildman–Crippen LogP) is 1.06. The van der Waals surface area contributed by atoms with Gasteiger partial charge >= 0.3 is 0 Å². The first kappa shape index (κ1) is 12.0. The molecule has 1 fully saturated rings. The summed E-state index contributed by atoms with van der Waals surface area (Å²) in [6, 6.07) is 4.25. The molecule has 1 amide bonds. The van der Waals surface area contributed by atoms with Crippen LogP contribution in [-0.4, -0.2) is 31.7 Å². The Kier molecular flexibility index (Phi) is 3.71. The van der Waals surface area contributed by atoms with Crippen LogP contribution in [0.15, 0.2) is 18.2 Å². The Bertz CT molecular complexity index is 417. The quantitative estimate of drug-likeness (QED) is 0.810. The Morgan fingerprint density at radius 3 is 3.12 bits per heavy atom. The average Bonchev–Trinajstić information content (AvgIpc) is 2.36. The lowest BCUT2D eigenvalue weighted by Crippen LogP contribution is -2.48. The minimum absolute atomic E-state index is 0.196. The molecule has 1 saturated heterocycles. The molecule has 4 nitrogen and oxygen atoms in total. The molecule has 1 aliphatic heterocycles. The van der Waals surface area contributed by atoms with Crippen LogP contribution >= 0.6 is 0 Å². The molecule has 1 heterocycles. The van der Waals surface area contributed by atoms with Gasteiger partial charge in [0.1, 0.15) is 11.9 Å². The lowest BCUT2D eigenvalue weighted by molar-refractivity contribution is -0.120. The number of carbonyl (C=O) groups is 1. The molecule has 1 unspecified atom stereocenters. The first-order valence-electron chi connectivity index (χ1n) is 5.55. The molecule has 1 aromatic carbocycles. The maximum atomic E-state index is 13.3. The van der Waals surface area contributed by atoms with E-state index in [0.29, 0.717) is 31.0 Å². The summed E-state index contributed by atoms with van der Waals surface area (Å²) >= 11 is 0. The molecule has 2 N–H and O–H groups in total. The van der Waals surface area contributed by atoms with E-state index in [0.717, 1.165) is 0 Å². The van der Waals surface area contributed by atoms with Crippen molar-refractivity contribution in [1.82, 2.24) is 5.32 Å². The molecular formula is C12H15FN2O2. The Labute approximate surface area is 99.2 Å². The van der Waals surface area contributed by atoms with Crippen LogP contribution in [0, 0.1) is 12.7 Å². The summed E-state index contributed by atoms with van der Waals surface area (Å²) in [4.78, 5) is 11.9. The van der Waals surface area contributed by atoms with E-state index in [9.17, 15) is 9.18 Å². The summed E-state index contributed by atoms with van der Waals surface area (Å²) in [6.45, 7) is 3.25. The van der Waals surface area contributed by atoms with Crippen molar-refractivity contribution >= 4 is 11.6 Å². The van der Waals surface area contributed by atoms with E-state index in [1.807, 2.05) is 0 Å². The van der Waals surface area contributed by atoms with Gasteiger partial charge in [-0.05, 0) is 19.1 Å². The molecule has 1 aliphatic rings. The second-order valence-corrected chi connectivity index (χ2v) is 3.98. The van der Waals surface area contributed by atoms with E-state index >= 15 is 0 Å². The van der Waals surface area contributed by atoms with Crippen LogP contribution in [-0.2, 0) is 9.53 Å². The van der Waals surface area contributed by atoms with Gasteiger partial charge in [-0.15, -0.1) is 0 Å². The van der Waals surface area contributed by atoms with Crippen LogP contribution in [0.4, 0.5) is 10.1 Å².